The molecular weight excluding hydrogens is 501 g/mol. The van der Waals surface area contributed by atoms with Gasteiger partial charge in [0.1, 0.15) is 5.75 Å². The number of benzene rings is 1. The molecule has 5 aromatic rings. The van der Waals surface area contributed by atoms with Gasteiger partial charge in [0, 0.05) is 35.7 Å². The molecule has 194 valence electrons. The third kappa shape index (κ3) is 4.42. The number of hydrogen-bond acceptors (Lipinski definition) is 8. The molecule has 4 heterocycles. The number of pyridine rings is 1. The SMILES string of the molecule is COc1ncc(-c2cc([C@H]3CC3c3cc(OCC(F)(F)F)c4cccnc4c3)c3nccn3n2)c(OC)n1. The first-order valence-electron chi connectivity index (χ1n) is 11.7. The molecular formula is C26H21F3N6O3. The van der Waals surface area contributed by atoms with Gasteiger partial charge in [0.05, 0.1) is 31.0 Å². The number of aromatic nitrogens is 6. The van der Waals surface area contributed by atoms with Crippen molar-refractivity contribution in [2.75, 3.05) is 20.8 Å². The van der Waals surface area contributed by atoms with Crippen LogP contribution in [0.5, 0.6) is 17.6 Å². The van der Waals surface area contributed by atoms with Crippen molar-refractivity contribution in [3.63, 3.8) is 0 Å². The normalized spacial score (nSPS) is 17.1. The summed E-state index contributed by atoms with van der Waals surface area (Å²) in [6, 6.07) is 9.08. The molecule has 1 fully saturated rings. The van der Waals surface area contributed by atoms with E-state index in [1.807, 2.05) is 12.1 Å². The fourth-order valence-corrected chi connectivity index (χ4v) is 4.70. The Hall–Kier alpha value is -4.48. The number of halogens is 3. The molecule has 0 bridgehead atoms. The van der Waals surface area contributed by atoms with E-state index < -0.39 is 12.8 Å². The third-order valence-corrected chi connectivity index (χ3v) is 6.49. The molecule has 1 unspecified atom stereocenters. The predicted octanol–water partition coefficient (Wildman–Crippen LogP) is 4.96. The Bertz CT molecular complexity index is 1660. The van der Waals surface area contributed by atoms with Crippen molar-refractivity contribution in [2.45, 2.75) is 24.4 Å². The summed E-state index contributed by atoms with van der Waals surface area (Å²) in [5.41, 5.74) is 4.25. The highest BCUT2D eigenvalue weighted by Gasteiger charge is 2.42. The summed E-state index contributed by atoms with van der Waals surface area (Å²) >= 11 is 0. The molecule has 0 spiro atoms. The predicted molar refractivity (Wildman–Crippen MR) is 131 cm³/mol. The highest BCUT2D eigenvalue weighted by molar-refractivity contribution is 5.86. The van der Waals surface area contributed by atoms with Gasteiger partial charge in [-0.1, -0.05) is 0 Å². The Balaban J connectivity index is 1.39. The second kappa shape index (κ2) is 9.12. The van der Waals surface area contributed by atoms with Gasteiger partial charge in [-0.3, -0.25) is 4.98 Å². The van der Waals surface area contributed by atoms with Gasteiger partial charge in [0.25, 0.3) is 0 Å². The zero-order chi connectivity index (χ0) is 26.4. The van der Waals surface area contributed by atoms with Crippen LogP contribution in [0.2, 0.25) is 0 Å². The van der Waals surface area contributed by atoms with Crippen LogP contribution in [-0.2, 0) is 0 Å². The van der Waals surface area contributed by atoms with E-state index in [1.165, 1.54) is 14.2 Å². The van der Waals surface area contributed by atoms with Gasteiger partial charge in [-0.2, -0.15) is 23.3 Å². The van der Waals surface area contributed by atoms with Crippen molar-refractivity contribution < 1.29 is 27.4 Å². The van der Waals surface area contributed by atoms with Crippen molar-refractivity contribution in [2.24, 2.45) is 0 Å². The van der Waals surface area contributed by atoms with Crippen molar-refractivity contribution in [1.82, 2.24) is 29.5 Å². The Morgan fingerprint density at radius 3 is 2.68 bits per heavy atom. The van der Waals surface area contributed by atoms with Gasteiger partial charge in [0.2, 0.25) is 5.88 Å². The fraction of sp³-hybridized carbons (Fsp3) is 0.269. The Morgan fingerprint density at radius 1 is 1.03 bits per heavy atom. The molecule has 0 N–H and O–H groups in total. The summed E-state index contributed by atoms with van der Waals surface area (Å²) in [7, 11) is 2.97. The van der Waals surface area contributed by atoms with Crippen LogP contribution in [-0.4, -0.2) is 56.6 Å². The van der Waals surface area contributed by atoms with Gasteiger partial charge < -0.3 is 14.2 Å². The smallest absolute Gasteiger partial charge is 0.422 e. The highest BCUT2D eigenvalue weighted by atomic mass is 19.4. The fourth-order valence-electron chi connectivity index (χ4n) is 4.70. The number of ether oxygens (including phenoxy) is 3. The topological polar surface area (TPSA) is 96.6 Å². The molecule has 0 radical (unpaired) electrons. The van der Waals surface area contributed by atoms with E-state index >= 15 is 0 Å². The second-order valence-electron chi connectivity index (χ2n) is 8.90. The molecule has 1 saturated carbocycles. The van der Waals surface area contributed by atoms with Crippen molar-refractivity contribution in [3.05, 3.63) is 66.2 Å². The van der Waals surface area contributed by atoms with E-state index in [0.29, 0.717) is 33.7 Å². The molecule has 1 aromatic carbocycles. The maximum absolute atomic E-state index is 12.9. The average molecular weight is 522 g/mol. The molecule has 9 nitrogen and oxygen atoms in total. The van der Waals surface area contributed by atoms with Gasteiger partial charge in [-0.25, -0.2) is 14.5 Å². The van der Waals surface area contributed by atoms with Crippen LogP contribution < -0.4 is 14.2 Å². The first-order valence-corrected chi connectivity index (χ1v) is 11.7. The average Bonchev–Trinajstić information content (AvgIpc) is 3.58. The van der Waals surface area contributed by atoms with E-state index in [9.17, 15) is 13.2 Å². The standard InChI is InChI=1S/C26H21F3N6O3/c1-36-24-19(12-32-25(33-24)37-2)21-11-18(23-31-6-7-35(23)34-21)17-10-16(17)14-8-20-15(4-3-5-30-20)22(9-14)38-13-26(27,28)29/h3-9,11-12,16-17H,10,13H2,1-2H3/t16?,17-/m0/s1. The molecule has 0 aliphatic heterocycles. The third-order valence-electron chi connectivity index (χ3n) is 6.49. The molecule has 4 aromatic heterocycles. The van der Waals surface area contributed by atoms with Crippen LogP contribution in [0.4, 0.5) is 13.2 Å². The highest BCUT2D eigenvalue weighted by Crippen LogP contribution is 2.56. The van der Waals surface area contributed by atoms with E-state index in [1.54, 1.807) is 47.5 Å². The van der Waals surface area contributed by atoms with Crippen molar-refractivity contribution >= 4 is 16.6 Å². The lowest BCUT2D eigenvalue weighted by Crippen LogP contribution is -2.19. The van der Waals surface area contributed by atoms with Crippen LogP contribution in [0.3, 0.4) is 0 Å². The van der Waals surface area contributed by atoms with Crippen LogP contribution in [0.25, 0.3) is 27.8 Å². The first kappa shape index (κ1) is 23.9. The minimum atomic E-state index is -4.45. The summed E-state index contributed by atoms with van der Waals surface area (Å²) in [4.78, 5) is 17.3. The summed E-state index contributed by atoms with van der Waals surface area (Å²) < 4.78 is 56.1. The zero-order valence-corrected chi connectivity index (χ0v) is 20.3. The maximum Gasteiger partial charge on any atom is 0.422 e. The number of methoxy groups -OCH3 is 2. The zero-order valence-electron chi connectivity index (χ0n) is 20.3. The minimum Gasteiger partial charge on any atom is -0.483 e. The van der Waals surface area contributed by atoms with Gasteiger partial charge >= 0.3 is 12.2 Å². The van der Waals surface area contributed by atoms with Crippen LogP contribution >= 0.6 is 0 Å². The molecule has 0 saturated heterocycles. The van der Waals surface area contributed by atoms with E-state index in [4.69, 9.17) is 14.2 Å². The summed E-state index contributed by atoms with van der Waals surface area (Å²) in [5, 5.41) is 5.19. The summed E-state index contributed by atoms with van der Waals surface area (Å²) in [5.74, 6) is 0.576. The van der Waals surface area contributed by atoms with Crippen LogP contribution in [0.1, 0.15) is 29.4 Å². The van der Waals surface area contributed by atoms with Crippen LogP contribution in [0, 0.1) is 0 Å². The lowest BCUT2D eigenvalue weighted by Gasteiger charge is -2.13. The molecule has 0 amide bonds. The molecule has 1 aliphatic carbocycles. The number of fused-ring (bicyclic) bond motifs is 2. The van der Waals surface area contributed by atoms with Crippen molar-refractivity contribution in [1.29, 1.82) is 0 Å². The van der Waals surface area contributed by atoms with E-state index in [0.717, 1.165) is 17.5 Å². The maximum atomic E-state index is 12.9. The van der Waals surface area contributed by atoms with Gasteiger partial charge in [-0.15, -0.1) is 0 Å². The second-order valence-corrected chi connectivity index (χ2v) is 8.90. The Kier molecular flexibility index (Phi) is 5.73. The van der Waals surface area contributed by atoms with Crippen LogP contribution in [0.15, 0.2) is 55.1 Å². The number of nitrogens with zero attached hydrogens (tertiary/aromatic N) is 6. The van der Waals surface area contributed by atoms with E-state index in [2.05, 4.69) is 25.0 Å². The molecule has 2 atom stereocenters. The van der Waals surface area contributed by atoms with Gasteiger partial charge in [0.15, 0.2) is 12.3 Å². The lowest BCUT2D eigenvalue weighted by atomic mass is 10.0. The quantitative estimate of drug-likeness (QED) is 0.296. The molecule has 6 rings (SSSR count). The largest absolute Gasteiger partial charge is 0.483 e. The number of imidazole rings is 1. The molecule has 12 heteroatoms. The summed E-state index contributed by atoms with van der Waals surface area (Å²) in [6.07, 6.45) is 2.94. The summed E-state index contributed by atoms with van der Waals surface area (Å²) in [6.45, 7) is -1.37. The number of rotatable bonds is 7. The number of alkyl halides is 3. The molecule has 1 aliphatic rings. The van der Waals surface area contributed by atoms with Gasteiger partial charge in [-0.05, 0) is 54.2 Å². The minimum absolute atomic E-state index is 0.0411. The Labute approximate surface area is 214 Å². The molecule has 38 heavy (non-hydrogen) atoms. The Morgan fingerprint density at radius 2 is 1.89 bits per heavy atom. The van der Waals surface area contributed by atoms with Crippen molar-refractivity contribution in [3.8, 4) is 28.9 Å². The van der Waals surface area contributed by atoms with E-state index in [-0.39, 0.29) is 23.6 Å². The monoisotopic (exact) mass is 522 g/mol. The first-order chi connectivity index (χ1) is 18.3. The number of hydrogen-bond donors (Lipinski definition) is 0. The lowest BCUT2D eigenvalue weighted by molar-refractivity contribution is -0.153.